The van der Waals surface area contributed by atoms with Crippen LogP contribution in [0.25, 0.3) is 33.4 Å². The van der Waals surface area contributed by atoms with Gasteiger partial charge in [-0.05, 0) is 72.6 Å². The van der Waals surface area contributed by atoms with E-state index in [1.807, 2.05) is 0 Å². The van der Waals surface area contributed by atoms with Gasteiger partial charge < -0.3 is 19.8 Å². The quantitative estimate of drug-likeness (QED) is 0.254. The summed E-state index contributed by atoms with van der Waals surface area (Å²) in [6.07, 6.45) is 3.14. The van der Waals surface area contributed by atoms with Gasteiger partial charge in [0.05, 0.1) is 23.6 Å². The number of ketones is 1. The van der Waals surface area contributed by atoms with Crippen molar-refractivity contribution in [3.63, 3.8) is 0 Å². The number of Topliss-reactive ketones (excluding diaryl/α,β-unsaturated/α-hetero) is 1. The molecule has 222 valence electrons. The fourth-order valence-corrected chi connectivity index (χ4v) is 5.58. The lowest BCUT2D eigenvalue weighted by Crippen LogP contribution is -2.56. The number of aryl methyl sites for hydroxylation is 1. The summed E-state index contributed by atoms with van der Waals surface area (Å²) in [5.41, 5.74) is 0.581. The number of amides is 2. The van der Waals surface area contributed by atoms with Gasteiger partial charge >= 0.3 is 0 Å². The van der Waals surface area contributed by atoms with Crippen LogP contribution in [0.2, 0.25) is 0 Å². The first-order valence-electron chi connectivity index (χ1n) is 13.7. The molecule has 11 heteroatoms. The number of methoxy groups -OCH3 is 1. The molecule has 1 saturated carbocycles. The number of nitrogens with zero attached hydrogens (tertiary/aromatic N) is 2. The number of halogens is 2. The number of ether oxygens (including phenoxy) is 1. The average molecular weight is 597 g/mol. The van der Waals surface area contributed by atoms with Crippen molar-refractivity contribution in [2.45, 2.75) is 25.3 Å². The Labute approximate surface area is 250 Å². The summed E-state index contributed by atoms with van der Waals surface area (Å²) in [6.45, 7) is 1.74. The Morgan fingerprint density at radius 2 is 1.68 bits per heavy atom. The van der Waals surface area contributed by atoms with Gasteiger partial charge in [0.25, 0.3) is 11.8 Å². The van der Waals surface area contributed by atoms with Gasteiger partial charge in [-0.2, -0.15) is 0 Å². The van der Waals surface area contributed by atoms with E-state index in [-0.39, 0.29) is 57.8 Å². The Morgan fingerprint density at radius 1 is 0.977 bits per heavy atom. The van der Waals surface area contributed by atoms with Gasteiger partial charge in [-0.25, -0.2) is 18.7 Å². The molecule has 6 rings (SSSR count). The van der Waals surface area contributed by atoms with E-state index >= 15 is 4.39 Å². The lowest BCUT2D eigenvalue weighted by molar-refractivity contribution is -0.129. The third-order valence-electron chi connectivity index (χ3n) is 7.78. The number of carbonyl (C=O) groups is 3. The molecule has 0 saturated heterocycles. The highest BCUT2D eigenvalue weighted by molar-refractivity contribution is 6.12. The van der Waals surface area contributed by atoms with Crippen LogP contribution in [0.5, 0.6) is 5.75 Å². The largest absolute Gasteiger partial charge is 0.496 e. The smallest absolute Gasteiger partial charge is 0.255 e. The van der Waals surface area contributed by atoms with Crippen molar-refractivity contribution in [1.29, 1.82) is 0 Å². The SMILES string of the molecule is CNC(=O)c1c(-c2ccc(F)cc2)oc2ccc(-c3cc(C(=O)NC4(c5ncccn5)CC(=O)C4)c(OC)cc3C)c(F)c12. The molecule has 2 aromatic heterocycles. The van der Waals surface area contributed by atoms with Crippen LogP contribution in [0.15, 0.2) is 71.4 Å². The Hall–Kier alpha value is -5.45. The van der Waals surface area contributed by atoms with Crippen molar-refractivity contribution >= 4 is 28.6 Å². The van der Waals surface area contributed by atoms with E-state index in [1.165, 1.54) is 62.9 Å². The van der Waals surface area contributed by atoms with Crippen LogP contribution in [0, 0.1) is 18.6 Å². The summed E-state index contributed by atoms with van der Waals surface area (Å²) >= 11 is 0. The molecule has 0 bridgehead atoms. The van der Waals surface area contributed by atoms with Crippen molar-refractivity contribution in [2.75, 3.05) is 14.2 Å². The molecular weight excluding hydrogens is 570 g/mol. The van der Waals surface area contributed by atoms with Gasteiger partial charge in [0.15, 0.2) is 5.82 Å². The van der Waals surface area contributed by atoms with Gasteiger partial charge in [0.1, 0.15) is 40.0 Å². The topological polar surface area (TPSA) is 123 Å². The second-order valence-electron chi connectivity index (χ2n) is 10.6. The number of nitrogens with one attached hydrogen (secondary N) is 2. The lowest BCUT2D eigenvalue weighted by Gasteiger charge is -2.39. The summed E-state index contributed by atoms with van der Waals surface area (Å²) in [4.78, 5) is 47.3. The predicted octanol–water partition coefficient (Wildman–Crippen LogP) is 5.50. The molecule has 3 aromatic carbocycles. The minimum atomic E-state index is -1.08. The van der Waals surface area contributed by atoms with Crippen molar-refractivity contribution in [3.05, 3.63) is 101 Å². The maximum absolute atomic E-state index is 16.5. The van der Waals surface area contributed by atoms with Crippen molar-refractivity contribution in [2.24, 2.45) is 0 Å². The van der Waals surface area contributed by atoms with Crippen LogP contribution in [0.4, 0.5) is 8.78 Å². The van der Waals surface area contributed by atoms with Gasteiger partial charge in [0, 0.05) is 43.4 Å². The number of furan rings is 1. The average Bonchev–Trinajstić information content (AvgIpc) is 3.41. The van der Waals surface area contributed by atoms with Crippen LogP contribution >= 0.6 is 0 Å². The van der Waals surface area contributed by atoms with Gasteiger partial charge in [-0.3, -0.25) is 14.4 Å². The molecule has 1 aliphatic carbocycles. The first-order chi connectivity index (χ1) is 21.2. The van der Waals surface area contributed by atoms with E-state index in [2.05, 4.69) is 20.6 Å². The number of hydrogen-bond acceptors (Lipinski definition) is 7. The molecule has 2 N–H and O–H groups in total. The second kappa shape index (κ2) is 11.0. The first-order valence-corrected chi connectivity index (χ1v) is 13.7. The van der Waals surface area contributed by atoms with E-state index in [0.29, 0.717) is 22.5 Å². The number of hydrogen-bond donors (Lipinski definition) is 2. The van der Waals surface area contributed by atoms with E-state index in [4.69, 9.17) is 9.15 Å². The maximum Gasteiger partial charge on any atom is 0.255 e. The molecular formula is C33H26F2N4O5. The highest BCUT2D eigenvalue weighted by atomic mass is 19.1. The fourth-order valence-electron chi connectivity index (χ4n) is 5.58. The standard InChI is InChI=1S/C33H26F2N4O5/c1-17-13-25(43-3)23(30(41)39-33(15-20(40)16-33)32-37-11-4-12-38-32)14-22(17)21-9-10-24-26(28(21)35)27(31(42)36-2)29(44-24)18-5-7-19(34)8-6-18/h4-14H,15-16H2,1-3H3,(H,36,42)(H,39,41). The lowest BCUT2D eigenvalue weighted by atomic mass is 9.74. The van der Waals surface area contributed by atoms with Gasteiger partial charge in [-0.15, -0.1) is 0 Å². The molecule has 2 heterocycles. The number of carbonyl (C=O) groups excluding carboxylic acids is 3. The summed E-state index contributed by atoms with van der Waals surface area (Å²) in [6, 6.07) is 13.1. The zero-order valence-corrected chi connectivity index (χ0v) is 24.0. The highest BCUT2D eigenvalue weighted by Gasteiger charge is 2.49. The normalized spacial score (nSPS) is 13.8. The Kier molecular flexibility index (Phi) is 7.16. The molecule has 0 aliphatic heterocycles. The highest BCUT2D eigenvalue weighted by Crippen LogP contribution is 2.41. The minimum absolute atomic E-state index is 0.0359. The molecule has 44 heavy (non-hydrogen) atoms. The molecule has 5 aromatic rings. The van der Waals surface area contributed by atoms with E-state index in [9.17, 15) is 18.8 Å². The van der Waals surface area contributed by atoms with E-state index in [1.54, 1.807) is 25.1 Å². The van der Waals surface area contributed by atoms with Crippen LogP contribution in [-0.4, -0.2) is 41.7 Å². The number of aromatic nitrogens is 2. The maximum atomic E-state index is 16.5. The number of fused-ring (bicyclic) bond motifs is 1. The van der Waals surface area contributed by atoms with Crippen LogP contribution in [0.3, 0.4) is 0 Å². The van der Waals surface area contributed by atoms with E-state index < -0.39 is 29.0 Å². The van der Waals surface area contributed by atoms with Crippen molar-refractivity contribution < 1.29 is 32.3 Å². The summed E-state index contributed by atoms with van der Waals surface area (Å²) < 4.78 is 41.6. The zero-order valence-electron chi connectivity index (χ0n) is 24.0. The molecule has 1 fully saturated rings. The molecule has 9 nitrogen and oxygen atoms in total. The number of benzene rings is 3. The van der Waals surface area contributed by atoms with Crippen LogP contribution < -0.4 is 15.4 Å². The van der Waals surface area contributed by atoms with Crippen molar-refractivity contribution in [3.8, 4) is 28.2 Å². The summed E-state index contributed by atoms with van der Waals surface area (Å²) in [5.74, 6) is -1.76. The molecule has 0 atom stereocenters. The minimum Gasteiger partial charge on any atom is -0.496 e. The molecule has 0 radical (unpaired) electrons. The molecule has 0 unspecified atom stereocenters. The summed E-state index contributed by atoms with van der Waals surface area (Å²) in [7, 11) is 2.83. The van der Waals surface area contributed by atoms with Gasteiger partial charge in [-0.1, -0.05) is 0 Å². The zero-order chi connectivity index (χ0) is 31.2. The molecule has 2 amide bonds. The number of rotatable bonds is 7. The Morgan fingerprint density at radius 3 is 2.32 bits per heavy atom. The predicted molar refractivity (Wildman–Crippen MR) is 157 cm³/mol. The summed E-state index contributed by atoms with van der Waals surface area (Å²) in [5, 5.41) is 5.38. The third-order valence-corrected chi connectivity index (χ3v) is 7.78. The van der Waals surface area contributed by atoms with E-state index in [0.717, 1.165) is 0 Å². The van der Waals surface area contributed by atoms with Crippen LogP contribution in [0.1, 0.15) is 44.9 Å². The molecule has 1 aliphatic rings. The Bertz CT molecular complexity index is 1950. The Balaban J connectivity index is 1.47. The monoisotopic (exact) mass is 596 g/mol. The first kappa shape index (κ1) is 28.7. The fraction of sp³-hybridized carbons (Fsp3) is 0.182. The van der Waals surface area contributed by atoms with Crippen molar-refractivity contribution in [1.82, 2.24) is 20.6 Å². The van der Waals surface area contributed by atoms with Crippen LogP contribution in [-0.2, 0) is 10.3 Å². The second-order valence-corrected chi connectivity index (χ2v) is 10.6. The third kappa shape index (κ3) is 4.76. The van der Waals surface area contributed by atoms with Gasteiger partial charge in [0.2, 0.25) is 0 Å². The molecule has 0 spiro atoms.